The van der Waals surface area contributed by atoms with Gasteiger partial charge in [-0.2, -0.15) is 9.97 Å². The van der Waals surface area contributed by atoms with Crippen LogP contribution in [-0.4, -0.2) is 90.4 Å². The number of ether oxygens (including phenoxy) is 2. The van der Waals surface area contributed by atoms with Crippen LogP contribution in [0.4, 0.5) is 10.6 Å². The first-order chi connectivity index (χ1) is 16.1. The normalized spacial score (nSPS) is 25.4. The number of hydrogen-bond donors (Lipinski definition) is 1. The van der Waals surface area contributed by atoms with Gasteiger partial charge in [0.25, 0.3) is 0 Å². The van der Waals surface area contributed by atoms with Crippen molar-refractivity contribution in [3.05, 3.63) is 11.3 Å². The Bertz CT molecular complexity index is 912. The molecule has 9 heteroatoms. The van der Waals surface area contributed by atoms with E-state index in [1.165, 1.54) is 18.4 Å². The number of aromatic nitrogens is 2. The second kappa shape index (κ2) is 8.82. The van der Waals surface area contributed by atoms with Crippen LogP contribution in [0.5, 0.6) is 6.01 Å². The summed E-state index contributed by atoms with van der Waals surface area (Å²) in [6.07, 6.45) is 5.13. The highest BCUT2D eigenvalue weighted by atomic mass is 16.6. The molecule has 1 N–H and O–H groups in total. The van der Waals surface area contributed by atoms with E-state index in [0.717, 1.165) is 63.5 Å². The second-order valence-corrected chi connectivity index (χ2v) is 11.9. The summed E-state index contributed by atoms with van der Waals surface area (Å²) < 4.78 is 11.9. The Morgan fingerprint density at radius 1 is 1.18 bits per heavy atom. The first kappa shape index (κ1) is 23.6. The van der Waals surface area contributed by atoms with Gasteiger partial charge in [0, 0.05) is 37.2 Å². The van der Waals surface area contributed by atoms with Crippen molar-refractivity contribution in [2.75, 3.05) is 51.8 Å². The monoisotopic (exact) mass is 472 g/mol. The fraction of sp³-hybridized carbons (Fsp3) is 0.800. The van der Waals surface area contributed by atoms with E-state index in [9.17, 15) is 4.79 Å². The van der Waals surface area contributed by atoms with Gasteiger partial charge in [-0.25, -0.2) is 4.79 Å². The fourth-order valence-electron chi connectivity index (χ4n) is 5.75. The smallest absolute Gasteiger partial charge is 0.410 e. The molecule has 34 heavy (non-hydrogen) atoms. The summed E-state index contributed by atoms with van der Waals surface area (Å²) in [5, 5.41) is 3.44. The molecule has 5 rings (SSSR count). The van der Waals surface area contributed by atoms with Crippen LogP contribution >= 0.6 is 0 Å². The quantitative estimate of drug-likeness (QED) is 0.676. The van der Waals surface area contributed by atoms with Crippen LogP contribution in [0.1, 0.15) is 57.7 Å². The number of anilines is 1. The van der Waals surface area contributed by atoms with E-state index in [-0.39, 0.29) is 23.6 Å². The Morgan fingerprint density at radius 3 is 2.50 bits per heavy atom. The van der Waals surface area contributed by atoms with E-state index in [4.69, 9.17) is 19.4 Å². The SMILES string of the molecule is CN(C)CC1(COc2nc3c(c(N4CC5CCC(C4)N5C(=O)OC(C)(C)C)n2)CCNC3)CC1. The molecule has 1 aliphatic carbocycles. The third-order valence-electron chi connectivity index (χ3n) is 7.40. The third kappa shape index (κ3) is 4.96. The number of fused-ring (bicyclic) bond motifs is 3. The van der Waals surface area contributed by atoms with Gasteiger partial charge in [-0.05, 0) is 73.5 Å². The van der Waals surface area contributed by atoms with Crippen LogP contribution in [0.2, 0.25) is 0 Å². The molecule has 9 nitrogen and oxygen atoms in total. The van der Waals surface area contributed by atoms with Crippen molar-refractivity contribution in [2.24, 2.45) is 5.41 Å². The van der Waals surface area contributed by atoms with Gasteiger partial charge < -0.3 is 24.6 Å². The third-order valence-corrected chi connectivity index (χ3v) is 7.40. The zero-order valence-electron chi connectivity index (χ0n) is 21.4. The van der Waals surface area contributed by atoms with Crippen LogP contribution in [-0.2, 0) is 17.7 Å². The highest BCUT2D eigenvalue weighted by Gasteiger charge is 2.46. The Hall–Kier alpha value is -2.13. The van der Waals surface area contributed by atoms with Crippen molar-refractivity contribution in [2.45, 2.75) is 77.1 Å². The lowest BCUT2D eigenvalue weighted by Gasteiger charge is -2.42. The number of amides is 1. The Labute approximate surface area is 203 Å². The van der Waals surface area contributed by atoms with Gasteiger partial charge in [-0.15, -0.1) is 0 Å². The van der Waals surface area contributed by atoms with Crippen molar-refractivity contribution < 1.29 is 14.3 Å². The van der Waals surface area contributed by atoms with Gasteiger partial charge in [-0.1, -0.05) is 0 Å². The number of nitrogens with one attached hydrogen (secondary N) is 1. The molecular weight excluding hydrogens is 432 g/mol. The number of piperazine rings is 1. The van der Waals surface area contributed by atoms with Gasteiger partial charge in [0.2, 0.25) is 0 Å². The number of carbonyl (C=O) groups is 1. The molecule has 0 radical (unpaired) electrons. The molecule has 4 heterocycles. The molecule has 1 aromatic heterocycles. The molecule has 1 saturated carbocycles. The number of hydrogen-bond acceptors (Lipinski definition) is 8. The van der Waals surface area contributed by atoms with Crippen molar-refractivity contribution >= 4 is 11.9 Å². The largest absolute Gasteiger partial charge is 0.463 e. The van der Waals surface area contributed by atoms with E-state index in [1.807, 2.05) is 25.7 Å². The zero-order chi connectivity index (χ0) is 24.1. The molecular formula is C25H40N6O3. The van der Waals surface area contributed by atoms with Crippen molar-refractivity contribution in [1.29, 1.82) is 0 Å². The predicted octanol–water partition coefficient (Wildman–Crippen LogP) is 2.43. The van der Waals surface area contributed by atoms with Crippen LogP contribution in [0.25, 0.3) is 0 Å². The highest BCUT2D eigenvalue weighted by Crippen LogP contribution is 2.46. The number of rotatable bonds is 6. The van der Waals surface area contributed by atoms with E-state index < -0.39 is 5.60 Å². The molecule has 1 aromatic rings. The van der Waals surface area contributed by atoms with Gasteiger partial charge in [-0.3, -0.25) is 4.90 Å². The van der Waals surface area contributed by atoms with Crippen molar-refractivity contribution in [3.63, 3.8) is 0 Å². The standard InChI is InChI=1S/C25H40N6O3/c1-24(2,3)34-23(32)31-17-6-7-18(31)14-30(13-17)21-19-8-11-26-12-20(19)27-22(28-21)33-16-25(9-10-25)15-29(4)5/h17-18,26H,6-16H2,1-5H3. The van der Waals surface area contributed by atoms with E-state index in [0.29, 0.717) is 12.6 Å². The first-order valence-electron chi connectivity index (χ1n) is 12.8. The molecule has 2 atom stereocenters. The average Bonchev–Trinajstić information content (AvgIpc) is 3.46. The lowest BCUT2D eigenvalue weighted by Crippen LogP contribution is -2.57. The first-order valence-corrected chi connectivity index (χ1v) is 12.8. The van der Waals surface area contributed by atoms with Crippen LogP contribution in [0.15, 0.2) is 0 Å². The molecule has 2 unspecified atom stereocenters. The maximum Gasteiger partial charge on any atom is 0.410 e. The Balaban J connectivity index is 1.34. The summed E-state index contributed by atoms with van der Waals surface area (Å²) in [6, 6.07) is 0.796. The molecule has 3 fully saturated rings. The minimum Gasteiger partial charge on any atom is -0.463 e. The molecule has 0 spiro atoms. The summed E-state index contributed by atoms with van der Waals surface area (Å²) in [4.78, 5) is 29.2. The van der Waals surface area contributed by atoms with Gasteiger partial charge >= 0.3 is 12.1 Å². The lowest BCUT2D eigenvalue weighted by atomic mass is 10.1. The van der Waals surface area contributed by atoms with E-state index in [1.54, 1.807) is 0 Å². The van der Waals surface area contributed by atoms with Crippen LogP contribution < -0.4 is 15.0 Å². The maximum atomic E-state index is 12.9. The van der Waals surface area contributed by atoms with Crippen LogP contribution in [0.3, 0.4) is 0 Å². The van der Waals surface area contributed by atoms with Crippen molar-refractivity contribution in [3.8, 4) is 6.01 Å². The van der Waals surface area contributed by atoms with E-state index >= 15 is 0 Å². The Morgan fingerprint density at radius 2 is 1.88 bits per heavy atom. The topological polar surface area (TPSA) is 83.1 Å². The van der Waals surface area contributed by atoms with Gasteiger partial charge in [0.1, 0.15) is 11.4 Å². The van der Waals surface area contributed by atoms with Gasteiger partial charge in [0.15, 0.2) is 0 Å². The molecule has 3 aliphatic heterocycles. The molecule has 1 amide bonds. The summed E-state index contributed by atoms with van der Waals surface area (Å²) in [6.45, 7) is 10.7. The summed E-state index contributed by atoms with van der Waals surface area (Å²) in [5.41, 5.74) is 2.03. The highest BCUT2D eigenvalue weighted by molar-refractivity contribution is 5.70. The molecule has 188 valence electrons. The summed E-state index contributed by atoms with van der Waals surface area (Å²) in [5.74, 6) is 1.000. The fourth-order valence-corrected chi connectivity index (χ4v) is 5.75. The van der Waals surface area contributed by atoms with Crippen LogP contribution in [0, 0.1) is 5.41 Å². The number of nitrogens with zero attached hydrogens (tertiary/aromatic N) is 5. The van der Waals surface area contributed by atoms with Gasteiger partial charge in [0.05, 0.1) is 24.4 Å². The van der Waals surface area contributed by atoms with Crippen molar-refractivity contribution in [1.82, 2.24) is 25.1 Å². The summed E-state index contributed by atoms with van der Waals surface area (Å²) in [7, 11) is 4.23. The minimum absolute atomic E-state index is 0.153. The zero-order valence-corrected chi connectivity index (χ0v) is 21.4. The molecule has 0 aromatic carbocycles. The molecule has 4 aliphatic rings. The lowest BCUT2D eigenvalue weighted by molar-refractivity contribution is 0.0122. The molecule has 2 bridgehead atoms. The molecule has 2 saturated heterocycles. The minimum atomic E-state index is -0.482. The maximum absolute atomic E-state index is 12.9. The predicted molar refractivity (Wildman–Crippen MR) is 130 cm³/mol. The van der Waals surface area contributed by atoms with E-state index in [2.05, 4.69) is 29.2 Å². The average molecular weight is 473 g/mol. The Kier molecular flexibility index (Phi) is 6.13. The second-order valence-electron chi connectivity index (χ2n) is 11.9. The summed E-state index contributed by atoms with van der Waals surface area (Å²) >= 11 is 0. The number of carbonyl (C=O) groups excluding carboxylic acids is 1.